The van der Waals surface area contributed by atoms with Gasteiger partial charge in [0.25, 0.3) is 0 Å². The molecule has 0 aliphatic heterocycles. The molecule has 1 aromatic heterocycles. The lowest BCUT2D eigenvalue weighted by Gasteiger charge is -2.12. The Morgan fingerprint density at radius 1 is 1.37 bits per heavy atom. The summed E-state index contributed by atoms with van der Waals surface area (Å²) in [6, 6.07) is 3.21. The molecule has 0 bridgehead atoms. The molecule has 0 spiro atoms. The van der Waals surface area contributed by atoms with Crippen LogP contribution in [-0.2, 0) is 11.3 Å². The van der Waals surface area contributed by atoms with Crippen molar-refractivity contribution in [2.45, 2.75) is 33.2 Å². The van der Waals surface area contributed by atoms with E-state index in [0.717, 1.165) is 12.2 Å². The molecule has 2 amide bonds. The summed E-state index contributed by atoms with van der Waals surface area (Å²) in [5, 5.41) is 14.1. The molecule has 0 fully saturated rings. The second-order valence-corrected chi connectivity index (χ2v) is 4.40. The van der Waals surface area contributed by atoms with E-state index < -0.39 is 17.9 Å². The van der Waals surface area contributed by atoms with Crippen molar-refractivity contribution in [3.63, 3.8) is 0 Å². The third-order valence-electron chi connectivity index (χ3n) is 2.71. The average molecular weight is 268 g/mol. The minimum atomic E-state index is -0.885. The van der Waals surface area contributed by atoms with Crippen molar-refractivity contribution in [3.8, 4) is 0 Å². The lowest BCUT2D eigenvalue weighted by atomic mass is 10.0. The zero-order valence-electron chi connectivity index (χ0n) is 11.2. The third kappa shape index (κ3) is 5.46. The standard InChI is InChI=1S/C13H20N2O4/c1-3-4-10(12(16)17)7-14-13(18)15-8-11-6-5-9(2)19-11/h5-6,10H,3-4,7-8H2,1-2H3,(H,16,17)(H2,14,15,18). The van der Waals surface area contributed by atoms with Crippen molar-refractivity contribution >= 4 is 12.0 Å². The quantitative estimate of drug-likeness (QED) is 0.704. The van der Waals surface area contributed by atoms with Crippen molar-refractivity contribution < 1.29 is 19.1 Å². The normalized spacial score (nSPS) is 11.9. The van der Waals surface area contributed by atoms with Crippen LogP contribution in [0.5, 0.6) is 0 Å². The highest BCUT2D eigenvalue weighted by molar-refractivity contribution is 5.75. The van der Waals surface area contributed by atoms with Gasteiger partial charge < -0.3 is 20.2 Å². The maximum Gasteiger partial charge on any atom is 0.315 e. The lowest BCUT2D eigenvalue weighted by molar-refractivity contribution is -0.141. The molecule has 0 aromatic carbocycles. The molecule has 1 rings (SSSR count). The molecule has 0 saturated heterocycles. The molecular formula is C13H20N2O4. The van der Waals surface area contributed by atoms with Crippen molar-refractivity contribution in [1.29, 1.82) is 0 Å². The Morgan fingerprint density at radius 2 is 2.11 bits per heavy atom. The highest BCUT2D eigenvalue weighted by Crippen LogP contribution is 2.06. The predicted molar refractivity (Wildman–Crippen MR) is 69.7 cm³/mol. The molecule has 1 atom stereocenters. The molecule has 0 saturated carbocycles. The Morgan fingerprint density at radius 3 is 2.63 bits per heavy atom. The smallest absolute Gasteiger partial charge is 0.315 e. The topological polar surface area (TPSA) is 91.6 Å². The van der Waals surface area contributed by atoms with Gasteiger partial charge in [-0.3, -0.25) is 4.79 Å². The van der Waals surface area contributed by atoms with Crippen LogP contribution in [0.2, 0.25) is 0 Å². The summed E-state index contributed by atoms with van der Waals surface area (Å²) in [6.45, 7) is 4.15. The van der Waals surface area contributed by atoms with E-state index in [2.05, 4.69) is 10.6 Å². The Hall–Kier alpha value is -1.98. The molecular weight excluding hydrogens is 248 g/mol. The molecule has 0 aliphatic rings. The van der Waals surface area contributed by atoms with Crippen LogP contribution in [0.3, 0.4) is 0 Å². The van der Waals surface area contributed by atoms with Crippen LogP contribution in [0.25, 0.3) is 0 Å². The molecule has 6 nitrogen and oxygen atoms in total. The van der Waals surface area contributed by atoms with Gasteiger partial charge in [-0.15, -0.1) is 0 Å². The number of hydrogen-bond donors (Lipinski definition) is 3. The molecule has 1 aromatic rings. The summed E-state index contributed by atoms with van der Waals surface area (Å²) < 4.78 is 5.30. The van der Waals surface area contributed by atoms with Gasteiger partial charge in [-0.05, 0) is 25.5 Å². The largest absolute Gasteiger partial charge is 0.481 e. The fraction of sp³-hybridized carbons (Fsp3) is 0.538. The van der Waals surface area contributed by atoms with Crippen molar-refractivity contribution in [2.75, 3.05) is 6.54 Å². The number of rotatable bonds is 7. The first-order valence-corrected chi connectivity index (χ1v) is 6.32. The van der Waals surface area contributed by atoms with Gasteiger partial charge in [-0.25, -0.2) is 4.79 Å². The number of carboxylic acid groups (broad SMARTS) is 1. The summed E-state index contributed by atoms with van der Waals surface area (Å²) >= 11 is 0. The number of aryl methyl sites for hydroxylation is 1. The lowest BCUT2D eigenvalue weighted by Crippen LogP contribution is -2.39. The number of furan rings is 1. The number of urea groups is 1. The van der Waals surface area contributed by atoms with Crippen LogP contribution in [0.4, 0.5) is 4.79 Å². The number of aliphatic carboxylic acids is 1. The molecule has 19 heavy (non-hydrogen) atoms. The first kappa shape index (κ1) is 15.1. The van der Waals surface area contributed by atoms with Crippen LogP contribution in [-0.4, -0.2) is 23.7 Å². The maximum absolute atomic E-state index is 11.5. The predicted octanol–water partition coefficient (Wildman–Crippen LogP) is 1.89. The maximum atomic E-state index is 11.5. The van der Waals surface area contributed by atoms with Gasteiger partial charge >= 0.3 is 12.0 Å². The van der Waals surface area contributed by atoms with Gasteiger partial charge in [-0.2, -0.15) is 0 Å². The van der Waals surface area contributed by atoms with Crippen LogP contribution in [0.1, 0.15) is 31.3 Å². The average Bonchev–Trinajstić information content (AvgIpc) is 2.77. The Kier molecular flexibility index (Phi) is 5.92. The second kappa shape index (κ2) is 7.45. The van der Waals surface area contributed by atoms with Crippen molar-refractivity contribution in [2.24, 2.45) is 5.92 Å². The second-order valence-electron chi connectivity index (χ2n) is 4.40. The van der Waals surface area contributed by atoms with Crippen LogP contribution < -0.4 is 10.6 Å². The van der Waals surface area contributed by atoms with E-state index in [1.807, 2.05) is 19.9 Å². The Labute approximate surface area is 112 Å². The monoisotopic (exact) mass is 268 g/mol. The number of amides is 2. The summed E-state index contributed by atoms with van der Waals surface area (Å²) in [5.41, 5.74) is 0. The summed E-state index contributed by atoms with van der Waals surface area (Å²) in [7, 11) is 0. The van der Waals surface area contributed by atoms with Crippen molar-refractivity contribution in [3.05, 3.63) is 23.7 Å². The van der Waals surface area contributed by atoms with E-state index in [1.165, 1.54) is 0 Å². The third-order valence-corrected chi connectivity index (χ3v) is 2.71. The van der Waals surface area contributed by atoms with E-state index in [1.54, 1.807) is 6.07 Å². The Bertz CT molecular complexity index is 428. The minimum Gasteiger partial charge on any atom is -0.481 e. The SMILES string of the molecule is CCCC(CNC(=O)NCc1ccc(C)o1)C(=O)O. The molecule has 1 heterocycles. The van der Waals surface area contributed by atoms with Crippen molar-refractivity contribution in [1.82, 2.24) is 10.6 Å². The molecule has 6 heteroatoms. The number of carboxylic acids is 1. The van der Waals surface area contributed by atoms with Crippen LogP contribution in [0, 0.1) is 12.8 Å². The van der Waals surface area contributed by atoms with E-state index in [9.17, 15) is 9.59 Å². The first-order valence-electron chi connectivity index (χ1n) is 6.32. The fourth-order valence-corrected chi connectivity index (χ4v) is 1.69. The molecule has 106 valence electrons. The Balaban J connectivity index is 2.28. The van der Waals surface area contributed by atoms with E-state index in [0.29, 0.717) is 12.2 Å². The summed E-state index contributed by atoms with van der Waals surface area (Å²) in [5.74, 6) is 0.0208. The van der Waals surface area contributed by atoms with Crippen LogP contribution in [0.15, 0.2) is 16.5 Å². The number of carbonyl (C=O) groups is 2. The van der Waals surface area contributed by atoms with E-state index >= 15 is 0 Å². The van der Waals surface area contributed by atoms with Gasteiger partial charge in [0.05, 0.1) is 12.5 Å². The number of hydrogen-bond acceptors (Lipinski definition) is 3. The van der Waals surface area contributed by atoms with E-state index in [-0.39, 0.29) is 13.1 Å². The number of carbonyl (C=O) groups excluding carboxylic acids is 1. The zero-order valence-corrected chi connectivity index (χ0v) is 11.2. The molecule has 0 aliphatic carbocycles. The summed E-state index contributed by atoms with van der Waals surface area (Å²) in [4.78, 5) is 22.4. The summed E-state index contributed by atoms with van der Waals surface area (Å²) in [6.07, 6.45) is 1.32. The van der Waals surface area contributed by atoms with Crippen LogP contribution >= 0.6 is 0 Å². The van der Waals surface area contributed by atoms with Gasteiger partial charge in [-0.1, -0.05) is 13.3 Å². The van der Waals surface area contributed by atoms with E-state index in [4.69, 9.17) is 9.52 Å². The number of nitrogens with one attached hydrogen (secondary N) is 2. The van der Waals surface area contributed by atoms with Gasteiger partial charge in [0.15, 0.2) is 0 Å². The molecule has 0 radical (unpaired) electrons. The highest BCUT2D eigenvalue weighted by atomic mass is 16.4. The van der Waals surface area contributed by atoms with Gasteiger partial charge in [0.2, 0.25) is 0 Å². The molecule has 1 unspecified atom stereocenters. The minimum absolute atomic E-state index is 0.131. The zero-order chi connectivity index (χ0) is 14.3. The highest BCUT2D eigenvalue weighted by Gasteiger charge is 2.17. The first-order chi connectivity index (χ1) is 9.02. The van der Waals surface area contributed by atoms with Gasteiger partial charge in [0.1, 0.15) is 11.5 Å². The van der Waals surface area contributed by atoms with Gasteiger partial charge in [0, 0.05) is 6.54 Å². The molecule has 3 N–H and O–H groups in total. The fourth-order valence-electron chi connectivity index (χ4n) is 1.69.